The van der Waals surface area contributed by atoms with Crippen LogP contribution in [0.2, 0.25) is 0 Å². The molecule has 3 amide bonds. The summed E-state index contributed by atoms with van der Waals surface area (Å²) in [6.45, 7) is 6.30. The highest BCUT2D eigenvalue weighted by atomic mass is 32.1. The molecule has 36 heavy (non-hydrogen) atoms. The van der Waals surface area contributed by atoms with E-state index in [1.807, 2.05) is 18.2 Å². The van der Waals surface area contributed by atoms with E-state index < -0.39 is 5.91 Å². The number of urea groups is 1. The fourth-order valence-corrected chi connectivity index (χ4v) is 6.28. The molecule has 0 spiro atoms. The van der Waals surface area contributed by atoms with Gasteiger partial charge in [-0.2, -0.15) is 0 Å². The van der Waals surface area contributed by atoms with E-state index in [0.717, 1.165) is 48.5 Å². The molecule has 0 aliphatic carbocycles. The molecule has 1 aromatic heterocycles. The Morgan fingerprint density at radius 2 is 1.83 bits per heavy atom. The van der Waals surface area contributed by atoms with Gasteiger partial charge in [-0.1, -0.05) is 6.07 Å². The van der Waals surface area contributed by atoms with Crippen molar-refractivity contribution in [2.75, 3.05) is 52.3 Å². The Hall–Kier alpha value is -2.82. The first-order valence-corrected chi connectivity index (χ1v) is 13.4. The molecule has 10 heteroatoms. The number of hydrogen-bond acceptors (Lipinski definition) is 7. The van der Waals surface area contributed by atoms with Crippen molar-refractivity contribution in [3.8, 4) is 11.5 Å². The average Bonchev–Trinajstić information content (AvgIpc) is 3.51. The number of likely N-dealkylation sites (tertiary alicyclic amines) is 1. The predicted octanol–water partition coefficient (Wildman–Crippen LogP) is 3.42. The Morgan fingerprint density at radius 3 is 2.56 bits per heavy atom. The van der Waals surface area contributed by atoms with E-state index in [9.17, 15) is 9.59 Å². The van der Waals surface area contributed by atoms with Crippen molar-refractivity contribution in [1.29, 1.82) is 0 Å². The molecule has 2 aliphatic rings. The molecule has 2 aromatic rings. The fourth-order valence-electron chi connectivity index (χ4n) is 4.99. The molecule has 1 aromatic carbocycles. The first-order valence-electron chi connectivity index (χ1n) is 12.6. The lowest BCUT2D eigenvalue weighted by molar-refractivity contribution is 0.0999. The van der Waals surface area contributed by atoms with Crippen molar-refractivity contribution in [3.05, 3.63) is 39.8 Å². The van der Waals surface area contributed by atoms with E-state index in [1.54, 1.807) is 14.2 Å². The Balaban J connectivity index is 1.33. The van der Waals surface area contributed by atoms with Crippen molar-refractivity contribution >= 4 is 28.3 Å². The minimum atomic E-state index is -0.498. The van der Waals surface area contributed by atoms with Crippen LogP contribution in [0.1, 0.15) is 52.0 Å². The van der Waals surface area contributed by atoms with E-state index in [1.165, 1.54) is 37.3 Å². The number of nitrogens with one attached hydrogen (secondary N) is 2. The number of unbranched alkanes of at least 4 members (excludes halogenated alkanes) is 1. The van der Waals surface area contributed by atoms with Crippen LogP contribution < -0.4 is 25.8 Å². The number of hydrogen-bond donors (Lipinski definition) is 3. The van der Waals surface area contributed by atoms with Gasteiger partial charge in [-0.05, 0) is 75.0 Å². The number of benzene rings is 1. The standard InChI is InChI=1S/C26H37N5O4S/c1-34-20-8-7-18(15-21(20)35-2)16-31-14-9-19-22(17-31)36-25(23(19)24(27)32)29-26(33)28-10-3-4-11-30-12-5-6-13-30/h7-8,15H,3-6,9-14,16-17H2,1-2H3,(H2,27,32)(H2,28,29,33). The summed E-state index contributed by atoms with van der Waals surface area (Å²) >= 11 is 1.44. The number of ether oxygens (including phenoxy) is 2. The van der Waals surface area contributed by atoms with Gasteiger partial charge in [0.1, 0.15) is 5.00 Å². The van der Waals surface area contributed by atoms with E-state index in [0.29, 0.717) is 41.6 Å². The maximum atomic E-state index is 12.5. The third-order valence-electron chi connectivity index (χ3n) is 6.85. The van der Waals surface area contributed by atoms with Gasteiger partial charge in [0.2, 0.25) is 0 Å². The number of carbonyl (C=O) groups excluding carboxylic acids is 2. The molecule has 1 fully saturated rings. The van der Waals surface area contributed by atoms with Crippen LogP contribution in [0, 0.1) is 0 Å². The predicted molar refractivity (Wildman–Crippen MR) is 142 cm³/mol. The van der Waals surface area contributed by atoms with Crippen molar-refractivity contribution in [2.24, 2.45) is 5.73 Å². The summed E-state index contributed by atoms with van der Waals surface area (Å²) in [5.41, 5.74) is 8.25. The zero-order chi connectivity index (χ0) is 25.5. The van der Waals surface area contributed by atoms with Crippen LogP contribution in [-0.2, 0) is 19.5 Å². The number of primary amides is 1. The highest BCUT2D eigenvalue weighted by Gasteiger charge is 2.28. The Labute approximate surface area is 216 Å². The molecule has 196 valence electrons. The highest BCUT2D eigenvalue weighted by Crippen LogP contribution is 2.37. The van der Waals surface area contributed by atoms with Gasteiger partial charge in [0.25, 0.3) is 5.91 Å². The van der Waals surface area contributed by atoms with E-state index in [-0.39, 0.29) is 6.03 Å². The number of methoxy groups -OCH3 is 2. The number of carbonyl (C=O) groups is 2. The van der Waals surface area contributed by atoms with Gasteiger partial charge in [0.05, 0.1) is 19.8 Å². The molecule has 9 nitrogen and oxygen atoms in total. The smallest absolute Gasteiger partial charge is 0.319 e. The largest absolute Gasteiger partial charge is 0.493 e. The molecule has 4 rings (SSSR count). The number of thiophene rings is 1. The van der Waals surface area contributed by atoms with Crippen LogP contribution in [-0.4, -0.2) is 68.7 Å². The molecule has 0 bridgehead atoms. The molecular weight excluding hydrogens is 478 g/mol. The van der Waals surface area contributed by atoms with Gasteiger partial charge in [0.15, 0.2) is 11.5 Å². The van der Waals surface area contributed by atoms with Gasteiger partial charge in [0, 0.05) is 31.1 Å². The SMILES string of the molecule is COc1ccc(CN2CCc3c(sc(NC(=O)NCCCCN4CCCC4)c3C(N)=O)C2)cc1OC. The third kappa shape index (κ3) is 6.48. The van der Waals surface area contributed by atoms with Crippen molar-refractivity contribution < 1.29 is 19.1 Å². The summed E-state index contributed by atoms with van der Waals surface area (Å²) < 4.78 is 10.8. The van der Waals surface area contributed by atoms with Crippen LogP contribution in [0.25, 0.3) is 0 Å². The molecule has 3 heterocycles. The molecule has 2 aliphatic heterocycles. The molecule has 0 atom stereocenters. The zero-order valence-electron chi connectivity index (χ0n) is 21.2. The van der Waals surface area contributed by atoms with Crippen LogP contribution in [0.3, 0.4) is 0 Å². The minimum Gasteiger partial charge on any atom is -0.493 e. The maximum Gasteiger partial charge on any atom is 0.319 e. The van der Waals surface area contributed by atoms with Crippen molar-refractivity contribution in [2.45, 2.75) is 45.2 Å². The molecule has 0 unspecified atom stereocenters. The lowest BCUT2D eigenvalue weighted by Crippen LogP contribution is -2.31. The first kappa shape index (κ1) is 26.2. The first-order chi connectivity index (χ1) is 17.5. The van der Waals surface area contributed by atoms with Crippen molar-refractivity contribution in [1.82, 2.24) is 15.1 Å². The number of nitrogens with zero attached hydrogens (tertiary/aromatic N) is 2. The lowest BCUT2D eigenvalue weighted by Gasteiger charge is -2.27. The summed E-state index contributed by atoms with van der Waals surface area (Å²) in [7, 11) is 3.25. The van der Waals surface area contributed by atoms with Gasteiger partial charge in [-0.15, -0.1) is 11.3 Å². The van der Waals surface area contributed by atoms with Crippen LogP contribution >= 0.6 is 11.3 Å². The summed E-state index contributed by atoms with van der Waals surface area (Å²) in [5, 5.41) is 6.34. The van der Waals surface area contributed by atoms with Crippen LogP contribution in [0.5, 0.6) is 11.5 Å². The van der Waals surface area contributed by atoms with Gasteiger partial charge >= 0.3 is 6.03 Å². The Bertz CT molecular complexity index is 1070. The molecule has 0 radical (unpaired) electrons. The minimum absolute atomic E-state index is 0.292. The second-order valence-electron chi connectivity index (χ2n) is 9.36. The second kappa shape index (κ2) is 12.4. The average molecular weight is 516 g/mol. The number of amides is 3. The molecule has 4 N–H and O–H groups in total. The van der Waals surface area contributed by atoms with Crippen LogP contribution in [0.15, 0.2) is 18.2 Å². The topological polar surface area (TPSA) is 109 Å². The summed E-state index contributed by atoms with van der Waals surface area (Å²) in [5.74, 6) is 0.905. The lowest BCUT2D eigenvalue weighted by atomic mass is 10.0. The number of nitrogens with two attached hydrogens (primary N) is 1. The van der Waals surface area contributed by atoms with Gasteiger partial charge in [-0.25, -0.2) is 4.79 Å². The van der Waals surface area contributed by atoms with Crippen LogP contribution in [0.4, 0.5) is 9.80 Å². The number of fused-ring (bicyclic) bond motifs is 1. The Kier molecular flexibility index (Phi) is 9.06. The van der Waals surface area contributed by atoms with Gasteiger partial charge in [-0.3, -0.25) is 15.0 Å². The molecule has 1 saturated heterocycles. The highest BCUT2D eigenvalue weighted by molar-refractivity contribution is 7.17. The third-order valence-corrected chi connectivity index (χ3v) is 7.98. The number of anilines is 1. The van der Waals surface area contributed by atoms with E-state index >= 15 is 0 Å². The van der Waals surface area contributed by atoms with Gasteiger partial charge < -0.3 is 25.4 Å². The Morgan fingerprint density at radius 1 is 1.06 bits per heavy atom. The van der Waals surface area contributed by atoms with E-state index in [4.69, 9.17) is 15.2 Å². The van der Waals surface area contributed by atoms with Crippen molar-refractivity contribution in [3.63, 3.8) is 0 Å². The van der Waals surface area contributed by atoms with E-state index in [2.05, 4.69) is 20.4 Å². The quantitative estimate of drug-likeness (QED) is 0.396. The fraction of sp³-hybridized carbons (Fsp3) is 0.538. The molecular formula is C26H37N5O4S. The zero-order valence-corrected chi connectivity index (χ0v) is 22.0. The monoisotopic (exact) mass is 515 g/mol. The summed E-state index contributed by atoms with van der Waals surface area (Å²) in [6.07, 6.45) is 5.29. The normalized spacial score (nSPS) is 15.9. The molecule has 0 saturated carbocycles. The summed E-state index contributed by atoms with van der Waals surface area (Å²) in [6, 6.07) is 5.63. The number of rotatable bonds is 11. The second-order valence-corrected chi connectivity index (χ2v) is 10.5. The maximum absolute atomic E-state index is 12.5. The summed E-state index contributed by atoms with van der Waals surface area (Å²) in [4.78, 5) is 30.7.